The number of amides is 4. The van der Waals surface area contributed by atoms with Gasteiger partial charge < -0.3 is 10.2 Å². The molecule has 1 fully saturated rings. The van der Waals surface area contributed by atoms with Gasteiger partial charge in [-0.3, -0.25) is 24.1 Å². The maximum atomic E-state index is 12.4. The van der Waals surface area contributed by atoms with E-state index in [0.29, 0.717) is 43.1 Å². The molecule has 0 aromatic heterocycles. The molecule has 2 aliphatic rings. The van der Waals surface area contributed by atoms with Gasteiger partial charge in [0.15, 0.2) is 0 Å². The molecule has 0 atom stereocenters. The fraction of sp³-hybridized carbons (Fsp3) is 0.476. The Hall–Kier alpha value is -2.73. The molecular weight excluding hydrogens is 452 g/mol. The SMILES string of the molecule is N#CCC(=O)N1CCC(CNC(=O)CCCN2C(=O)c3ccc(Br)cc3C2=O)CC1. The van der Waals surface area contributed by atoms with Gasteiger partial charge in [0, 0.05) is 37.1 Å². The van der Waals surface area contributed by atoms with Crippen LogP contribution in [0.4, 0.5) is 0 Å². The van der Waals surface area contributed by atoms with Crippen LogP contribution >= 0.6 is 15.9 Å². The van der Waals surface area contributed by atoms with Crippen LogP contribution in [0.1, 0.15) is 52.8 Å². The number of carbonyl (C=O) groups is 4. The third kappa shape index (κ3) is 5.05. The first-order chi connectivity index (χ1) is 14.4. The number of benzene rings is 1. The smallest absolute Gasteiger partial charge is 0.261 e. The van der Waals surface area contributed by atoms with Crippen molar-refractivity contribution in [3.8, 4) is 6.07 Å². The van der Waals surface area contributed by atoms with Crippen molar-refractivity contribution in [1.82, 2.24) is 15.1 Å². The van der Waals surface area contributed by atoms with Crippen LogP contribution in [0.5, 0.6) is 0 Å². The van der Waals surface area contributed by atoms with E-state index in [0.717, 1.165) is 17.3 Å². The number of rotatable bonds is 7. The van der Waals surface area contributed by atoms with Crippen LogP contribution in [0, 0.1) is 17.2 Å². The van der Waals surface area contributed by atoms with Gasteiger partial charge in [0.25, 0.3) is 11.8 Å². The number of imide groups is 1. The first-order valence-corrected chi connectivity index (χ1v) is 10.8. The van der Waals surface area contributed by atoms with E-state index in [1.54, 1.807) is 23.1 Å². The van der Waals surface area contributed by atoms with Crippen LogP contribution < -0.4 is 5.32 Å². The van der Waals surface area contributed by atoms with E-state index in [4.69, 9.17) is 5.26 Å². The van der Waals surface area contributed by atoms with Crippen LogP contribution in [-0.4, -0.2) is 59.6 Å². The molecule has 1 N–H and O–H groups in total. The molecule has 0 bridgehead atoms. The second-order valence-corrected chi connectivity index (χ2v) is 8.43. The van der Waals surface area contributed by atoms with E-state index in [1.807, 2.05) is 6.07 Å². The zero-order valence-corrected chi connectivity index (χ0v) is 18.1. The maximum absolute atomic E-state index is 12.4. The van der Waals surface area contributed by atoms with E-state index in [2.05, 4.69) is 21.2 Å². The van der Waals surface area contributed by atoms with Crippen LogP contribution in [-0.2, 0) is 9.59 Å². The predicted octanol–water partition coefficient (Wildman–Crippen LogP) is 2.09. The minimum absolute atomic E-state index is 0.0915. The normalized spacial score (nSPS) is 16.4. The first-order valence-electron chi connectivity index (χ1n) is 9.98. The largest absolute Gasteiger partial charge is 0.356 e. The molecule has 0 unspecified atom stereocenters. The molecule has 1 aromatic carbocycles. The van der Waals surface area contributed by atoms with E-state index in [-0.39, 0.29) is 43.0 Å². The Morgan fingerprint density at radius 3 is 2.57 bits per heavy atom. The van der Waals surface area contributed by atoms with E-state index < -0.39 is 0 Å². The molecule has 158 valence electrons. The number of piperidine rings is 1. The summed E-state index contributed by atoms with van der Waals surface area (Å²) in [7, 11) is 0. The second kappa shape index (κ2) is 9.85. The summed E-state index contributed by atoms with van der Waals surface area (Å²) in [4.78, 5) is 51.5. The number of fused-ring (bicyclic) bond motifs is 1. The number of nitrogens with zero attached hydrogens (tertiary/aromatic N) is 3. The summed E-state index contributed by atoms with van der Waals surface area (Å²) in [6.45, 7) is 1.96. The first kappa shape index (κ1) is 22.0. The molecule has 8 nitrogen and oxygen atoms in total. The van der Waals surface area contributed by atoms with Gasteiger partial charge in [-0.15, -0.1) is 0 Å². The molecule has 3 rings (SSSR count). The monoisotopic (exact) mass is 474 g/mol. The Kier molecular flexibility index (Phi) is 7.21. The summed E-state index contributed by atoms with van der Waals surface area (Å²) in [5.74, 6) is -0.595. The maximum Gasteiger partial charge on any atom is 0.261 e. The third-order valence-corrected chi connectivity index (χ3v) is 6.00. The lowest BCUT2D eigenvalue weighted by Gasteiger charge is -2.31. The summed E-state index contributed by atoms with van der Waals surface area (Å²) < 4.78 is 0.740. The summed E-state index contributed by atoms with van der Waals surface area (Å²) in [6, 6.07) is 6.87. The Bertz CT molecular complexity index is 903. The van der Waals surface area contributed by atoms with Gasteiger partial charge in [-0.1, -0.05) is 15.9 Å². The van der Waals surface area contributed by atoms with Gasteiger partial charge in [0.05, 0.1) is 17.2 Å². The van der Waals surface area contributed by atoms with Crippen LogP contribution in [0.3, 0.4) is 0 Å². The number of likely N-dealkylation sites (tertiary alicyclic amines) is 1. The fourth-order valence-corrected chi connectivity index (χ4v) is 4.14. The zero-order chi connectivity index (χ0) is 21.7. The minimum atomic E-state index is -0.325. The van der Waals surface area contributed by atoms with Crippen LogP contribution in [0.25, 0.3) is 0 Å². The highest BCUT2D eigenvalue weighted by Gasteiger charge is 2.35. The van der Waals surface area contributed by atoms with Gasteiger partial charge in [-0.2, -0.15) is 5.26 Å². The van der Waals surface area contributed by atoms with E-state index in [9.17, 15) is 19.2 Å². The van der Waals surface area contributed by atoms with Crippen molar-refractivity contribution in [1.29, 1.82) is 5.26 Å². The average Bonchev–Trinajstić information content (AvgIpc) is 2.97. The number of nitriles is 1. The quantitative estimate of drug-likeness (QED) is 0.608. The molecule has 2 heterocycles. The zero-order valence-electron chi connectivity index (χ0n) is 16.5. The molecule has 0 radical (unpaired) electrons. The lowest BCUT2D eigenvalue weighted by molar-refractivity contribution is -0.131. The van der Waals surface area contributed by atoms with E-state index in [1.165, 1.54) is 4.90 Å². The molecule has 0 aliphatic carbocycles. The van der Waals surface area contributed by atoms with Crippen molar-refractivity contribution in [2.75, 3.05) is 26.2 Å². The molecule has 1 aromatic rings. The lowest BCUT2D eigenvalue weighted by atomic mass is 9.96. The van der Waals surface area contributed by atoms with Gasteiger partial charge in [0.2, 0.25) is 11.8 Å². The topological polar surface area (TPSA) is 111 Å². The standard InChI is InChI=1S/C21H23BrN4O4/c22-15-3-4-16-17(12-15)21(30)26(20(16)29)9-1-2-18(27)24-13-14-6-10-25(11-7-14)19(28)5-8-23/h3-4,12,14H,1-2,5-7,9-11,13H2,(H,24,27). The average molecular weight is 475 g/mol. The summed E-state index contributed by atoms with van der Waals surface area (Å²) in [5, 5.41) is 11.5. The number of carbonyl (C=O) groups excluding carboxylic acids is 4. The number of nitrogens with one attached hydrogen (secondary N) is 1. The molecule has 4 amide bonds. The summed E-state index contributed by atoms with van der Waals surface area (Å²) in [6.07, 6.45) is 2.13. The molecule has 0 spiro atoms. The third-order valence-electron chi connectivity index (χ3n) is 5.50. The van der Waals surface area contributed by atoms with Crippen molar-refractivity contribution >= 4 is 39.6 Å². The highest BCUT2D eigenvalue weighted by molar-refractivity contribution is 9.10. The van der Waals surface area contributed by atoms with Crippen LogP contribution in [0.2, 0.25) is 0 Å². The van der Waals surface area contributed by atoms with Gasteiger partial charge in [-0.25, -0.2) is 0 Å². The molecule has 9 heteroatoms. The summed E-state index contributed by atoms with van der Waals surface area (Å²) in [5.41, 5.74) is 0.783. The molecule has 0 saturated carbocycles. The molecule has 1 saturated heterocycles. The van der Waals surface area contributed by atoms with Gasteiger partial charge >= 0.3 is 0 Å². The highest BCUT2D eigenvalue weighted by atomic mass is 79.9. The number of hydrogen-bond acceptors (Lipinski definition) is 5. The highest BCUT2D eigenvalue weighted by Crippen LogP contribution is 2.26. The Balaban J connectivity index is 1.36. The van der Waals surface area contributed by atoms with Crippen molar-refractivity contribution in [3.63, 3.8) is 0 Å². The number of halogens is 1. The lowest BCUT2D eigenvalue weighted by Crippen LogP contribution is -2.41. The summed E-state index contributed by atoms with van der Waals surface area (Å²) >= 11 is 3.30. The van der Waals surface area contributed by atoms with Crippen molar-refractivity contribution < 1.29 is 19.2 Å². The minimum Gasteiger partial charge on any atom is -0.356 e. The molecular formula is C21H23BrN4O4. The Morgan fingerprint density at radius 2 is 1.87 bits per heavy atom. The number of hydrogen-bond donors (Lipinski definition) is 1. The molecule has 30 heavy (non-hydrogen) atoms. The fourth-order valence-electron chi connectivity index (χ4n) is 3.78. The predicted molar refractivity (Wildman–Crippen MR) is 111 cm³/mol. The van der Waals surface area contributed by atoms with Crippen molar-refractivity contribution in [2.24, 2.45) is 5.92 Å². The van der Waals surface area contributed by atoms with Crippen molar-refractivity contribution in [2.45, 2.75) is 32.1 Å². The Labute approximate surface area is 183 Å². The van der Waals surface area contributed by atoms with E-state index >= 15 is 0 Å². The Morgan fingerprint density at radius 1 is 1.17 bits per heavy atom. The van der Waals surface area contributed by atoms with Crippen molar-refractivity contribution in [3.05, 3.63) is 33.8 Å². The second-order valence-electron chi connectivity index (χ2n) is 7.52. The van der Waals surface area contributed by atoms with Crippen LogP contribution in [0.15, 0.2) is 22.7 Å². The van der Waals surface area contributed by atoms with Gasteiger partial charge in [-0.05, 0) is 43.4 Å². The van der Waals surface area contributed by atoms with Gasteiger partial charge in [0.1, 0.15) is 6.42 Å². The molecule has 2 aliphatic heterocycles.